The molecule has 6 heteroatoms. The van der Waals surface area contributed by atoms with E-state index in [0.717, 1.165) is 28.1 Å². The smallest absolute Gasteiger partial charge is 0.257 e. The number of ketones is 1. The zero-order chi connectivity index (χ0) is 23.8. The van der Waals surface area contributed by atoms with Crippen molar-refractivity contribution in [3.05, 3.63) is 118 Å². The highest BCUT2D eigenvalue weighted by Crippen LogP contribution is 2.32. The van der Waals surface area contributed by atoms with Crippen LogP contribution in [-0.4, -0.2) is 16.3 Å². The monoisotopic (exact) mass is 469 g/mol. The summed E-state index contributed by atoms with van der Waals surface area (Å²) in [6.45, 7) is 4.51. The molecule has 170 valence electrons. The van der Waals surface area contributed by atoms with Crippen LogP contribution < -0.4 is 10.6 Å². The maximum absolute atomic E-state index is 13.6. The van der Waals surface area contributed by atoms with Crippen molar-refractivity contribution in [3.8, 4) is 0 Å². The molecular weight excluding hydrogens is 446 g/mol. The Morgan fingerprint density at radius 2 is 1.82 bits per heavy atom. The van der Waals surface area contributed by atoms with Crippen molar-refractivity contribution < 1.29 is 9.59 Å². The van der Waals surface area contributed by atoms with Crippen LogP contribution in [0.15, 0.2) is 79.0 Å². The predicted molar refractivity (Wildman–Crippen MR) is 136 cm³/mol. The zero-order valence-electron chi connectivity index (χ0n) is 18.9. The lowest BCUT2D eigenvalue weighted by atomic mass is 9.98. The minimum Gasteiger partial charge on any atom is -0.370 e. The van der Waals surface area contributed by atoms with Gasteiger partial charge in [0, 0.05) is 35.4 Å². The summed E-state index contributed by atoms with van der Waals surface area (Å²) in [6, 6.07) is 22.2. The van der Waals surface area contributed by atoms with Crippen molar-refractivity contribution in [2.24, 2.45) is 0 Å². The first-order valence-electron chi connectivity index (χ1n) is 11.1. The summed E-state index contributed by atoms with van der Waals surface area (Å²) in [5.74, 6) is -0.314. The van der Waals surface area contributed by atoms with Crippen molar-refractivity contribution in [2.45, 2.75) is 26.4 Å². The van der Waals surface area contributed by atoms with Gasteiger partial charge in [0.1, 0.15) is 6.04 Å². The normalized spacial score (nSPS) is 14.4. The number of aromatic nitrogens is 1. The SMILES string of the molecule is Cc1ccc(C(=O)Nc2ccc(C(=O)C3Nc4ccccc4Cn4cccc43)cc2C)c(Cl)c1. The molecular formula is C28H24ClN3O2. The summed E-state index contributed by atoms with van der Waals surface area (Å²) in [6.07, 6.45) is 2.00. The molecule has 0 saturated carbocycles. The topological polar surface area (TPSA) is 63.1 Å². The number of hydrogen-bond donors (Lipinski definition) is 2. The van der Waals surface area contributed by atoms with E-state index < -0.39 is 6.04 Å². The van der Waals surface area contributed by atoms with Gasteiger partial charge in [-0.15, -0.1) is 0 Å². The number of nitrogens with zero attached hydrogens (tertiary/aromatic N) is 1. The van der Waals surface area contributed by atoms with Crippen LogP contribution in [0.3, 0.4) is 0 Å². The molecule has 0 spiro atoms. The van der Waals surface area contributed by atoms with E-state index in [1.807, 2.05) is 62.5 Å². The number of nitrogens with one attached hydrogen (secondary N) is 2. The third-order valence-electron chi connectivity index (χ3n) is 6.21. The van der Waals surface area contributed by atoms with Crippen molar-refractivity contribution in [1.29, 1.82) is 0 Å². The second-order valence-electron chi connectivity index (χ2n) is 8.63. The summed E-state index contributed by atoms with van der Waals surface area (Å²) in [7, 11) is 0. The lowest BCUT2D eigenvalue weighted by Crippen LogP contribution is -2.22. The third kappa shape index (κ3) is 4.11. The largest absolute Gasteiger partial charge is 0.370 e. The Morgan fingerprint density at radius 3 is 2.62 bits per heavy atom. The molecule has 5 rings (SSSR count). The molecule has 5 nitrogen and oxygen atoms in total. The van der Waals surface area contributed by atoms with Crippen LogP contribution in [0.5, 0.6) is 0 Å². The molecule has 1 aliphatic heterocycles. The van der Waals surface area contributed by atoms with Gasteiger partial charge in [-0.3, -0.25) is 9.59 Å². The molecule has 34 heavy (non-hydrogen) atoms. The Hall–Kier alpha value is -3.83. The standard InChI is InChI=1S/C28H24ClN3O2/c1-17-9-11-21(22(29)14-17)28(34)31-23-12-10-19(15-18(23)2)27(33)26-25-8-5-13-32(25)16-20-6-3-4-7-24(20)30-26/h3-15,26,30H,16H2,1-2H3,(H,31,34). The number of benzene rings is 3. The van der Waals surface area contributed by atoms with Crippen molar-refractivity contribution in [3.63, 3.8) is 0 Å². The number of rotatable bonds is 4. The number of para-hydroxylation sites is 1. The Balaban J connectivity index is 1.41. The lowest BCUT2D eigenvalue weighted by Gasteiger charge is -2.19. The Morgan fingerprint density at radius 1 is 1.00 bits per heavy atom. The Labute approximate surface area is 203 Å². The molecule has 1 unspecified atom stereocenters. The minimum absolute atomic E-state index is 0.0285. The average molecular weight is 470 g/mol. The molecule has 2 N–H and O–H groups in total. The Kier molecular flexibility index (Phi) is 5.72. The number of aryl methyl sites for hydroxylation is 2. The summed E-state index contributed by atoms with van der Waals surface area (Å²) in [5.41, 5.74) is 6.43. The Bertz CT molecular complexity index is 1420. The van der Waals surface area contributed by atoms with Crippen LogP contribution in [0.25, 0.3) is 0 Å². The van der Waals surface area contributed by atoms with Gasteiger partial charge in [-0.25, -0.2) is 0 Å². The summed E-state index contributed by atoms with van der Waals surface area (Å²) >= 11 is 6.25. The molecule has 1 aliphatic rings. The second-order valence-corrected chi connectivity index (χ2v) is 9.03. The quantitative estimate of drug-likeness (QED) is 0.339. The van der Waals surface area contributed by atoms with Crippen LogP contribution in [-0.2, 0) is 6.54 Å². The number of amides is 1. The first-order chi connectivity index (χ1) is 16.4. The summed E-state index contributed by atoms with van der Waals surface area (Å²) in [5, 5.41) is 6.76. The summed E-state index contributed by atoms with van der Waals surface area (Å²) in [4.78, 5) is 26.4. The van der Waals surface area contributed by atoms with E-state index in [2.05, 4.69) is 21.3 Å². The van der Waals surface area contributed by atoms with Crippen LogP contribution in [0, 0.1) is 13.8 Å². The molecule has 2 heterocycles. The number of Topliss-reactive ketones (excluding diaryl/α,β-unsaturated/α-hetero) is 1. The van der Waals surface area contributed by atoms with E-state index >= 15 is 0 Å². The fourth-order valence-corrected chi connectivity index (χ4v) is 4.68. The van der Waals surface area contributed by atoms with Crippen LogP contribution in [0.4, 0.5) is 11.4 Å². The van der Waals surface area contributed by atoms with Gasteiger partial charge in [0.2, 0.25) is 0 Å². The number of fused-ring (bicyclic) bond motifs is 2. The van der Waals surface area contributed by atoms with Gasteiger partial charge in [0.05, 0.1) is 10.6 Å². The molecule has 0 fully saturated rings. The van der Waals surface area contributed by atoms with Gasteiger partial charge in [-0.1, -0.05) is 35.9 Å². The van der Waals surface area contributed by atoms with Crippen LogP contribution >= 0.6 is 11.6 Å². The van der Waals surface area contributed by atoms with Gasteiger partial charge < -0.3 is 15.2 Å². The molecule has 1 amide bonds. The zero-order valence-corrected chi connectivity index (χ0v) is 19.7. The fourth-order valence-electron chi connectivity index (χ4n) is 4.36. The van der Waals surface area contributed by atoms with Gasteiger partial charge in [0.15, 0.2) is 5.78 Å². The molecule has 0 radical (unpaired) electrons. The number of hydrogen-bond acceptors (Lipinski definition) is 3. The maximum atomic E-state index is 13.6. The maximum Gasteiger partial charge on any atom is 0.257 e. The fraction of sp³-hybridized carbons (Fsp3) is 0.143. The molecule has 1 aromatic heterocycles. The highest BCUT2D eigenvalue weighted by atomic mass is 35.5. The predicted octanol–water partition coefficient (Wildman–Crippen LogP) is 6.41. The van der Waals surface area contributed by atoms with Crippen LogP contribution in [0.1, 0.15) is 49.1 Å². The molecule has 1 atom stereocenters. The van der Waals surface area contributed by atoms with Gasteiger partial charge in [-0.05, 0) is 79.1 Å². The minimum atomic E-state index is -0.509. The van der Waals surface area contributed by atoms with Crippen molar-refractivity contribution in [1.82, 2.24) is 4.57 Å². The van der Waals surface area contributed by atoms with Crippen molar-refractivity contribution >= 4 is 34.7 Å². The number of anilines is 2. The van der Waals surface area contributed by atoms with E-state index in [1.165, 1.54) is 0 Å². The number of halogens is 1. The van der Waals surface area contributed by atoms with Crippen molar-refractivity contribution in [2.75, 3.05) is 10.6 Å². The molecule has 0 bridgehead atoms. The van der Waals surface area contributed by atoms with E-state index in [1.54, 1.807) is 24.3 Å². The molecule has 0 aliphatic carbocycles. The summed E-state index contributed by atoms with van der Waals surface area (Å²) < 4.78 is 2.11. The van der Waals surface area contributed by atoms with Gasteiger partial charge >= 0.3 is 0 Å². The molecule has 0 saturated heterocycles. The third-order valence-corrected chi connectivity index (χ3v) is 6.52. The highest BCUT2D eigenvalue weighted by molar-refractivity contribution is 6.34. The van der Waals surface area contributed by atoms with Gasteiger partial charge in [-0.2, -0.15) is 0 Å². The van der Waals surface area contributed by atoms with Gasteiger partial charge in [0.25, 0.3) is 5.91 Å². The lowest BCUT2D eigenvalue weighted by molar-refractivity contribution is 0.0966. The van der Waals surface area contributed by atoms with E-state index in [-0.39, 0.29) is 11.7 Å². The molecule has 4 aromatic rings. The van der Waals surface area contributed by atoms with E-state index in [0.29, 0.717) is 28.4 Å². The number of carbonyl (C=O) groups excluding carboxylic acids is 2. The number of carbonyl (C=O) groups is 2. The average Bonchev–Trinajstić information content (AvgIpc) is 3.20. The molecule has 3 aromatic carbocycles. The first kappa shape index (κ1) is 22.0. The highest BCUT2D eigenvalue weighted by Gasteiger charge is 2.28. The van der Waals surface area contributed by atoms with E-state index in [4.69, 9.17) is 11.6 Å². The van der Waals surface area contributed by atoms with E-state index in [9.17, 15) is 9.59 Å². The second kappa shape index (κ2) is 8.84. The first-order valence-corrected chi connectivity index (χ1v) is 11.5. The van der Waals surface area contributed by atoms with Crippen LogP contribution in [0.2, 0.25) is 5.02 Å².